The molecule has 0 aromatic carbocycles. The fourth-order valence-electron chi connectivity index (χ4n) is 2.04. The molecule has 1 amide bonds. The van der Waals surface area contributed by atoms with Crippen molar-refractivity contribution < 1.29 is 9.53 Å². The van der Waals surface area contributed by atoms with Gasteiger partial charge in [0, 0.05) is 26.2 Å². The van der Waals surface area contributed by atoms with Gasteiger partial charge < -0.3 is 15.4 Å². The quantitative estimate of drug-likeness (QED) is 0.549. The second-order valence-electron chi connectivity index (χ2n) is 5.17. The Kier molecular flexibility index (Phi) is 4.18. The highest BCUT2D eigenvalue weighted by Crippen LogP contribution is 2.28. The number of carbonyl (C=O) groups is 1. The zero-order valence-corrected chi connectivity index (χ0v) is 10.5. The van der Waals surface area contributed by atoms with E-state index in [-0.39, 0.29) is 17.9 Å². The molecule has 0 bridgehead atoms. The number of likely N-dealkylation sites (N-methyl/N-ethyl adjacent to an activating group) is 1. The Morgan fingerprint density at radius 2 is 2.24 bits per heavy atom. The van der Waals surface area contributed by atoms with E-state index in [1.807, 2.05) is 19.2 Å². The van der Waals surface area contributed by atoms with Crippen molar-refractivity contribution in [2.24, 2.45) is 17.6 Å². The van der Waals surface area contributed by atoms with Gasteiger partial charge in [0.05, 0.1) is 12.5 Å². The van der Waals surface area contributed by atoms with E-state index in [1.165, 1.54) is 12.8 Å². The van der Waals surface area contributed by atoms with Gasteiger partial charge >= 0.3 is 0 Å². The lowest BCUT2D eigenvalue weighted by Gasteiger charge is -2.20. The topological polar surface area (TPSA) is 55.6 Å². The van der Waals surface area contributed by atoms with Gasteiger partial charge in [-0.1, -0.05) is 12.2 Å². The third-order valence-corrected chi connectivity index (χ3v) is 3.43. The Balaban J connectivity index is 1.62. The highest BCUT2D eigenvalue weighted by atomic mass is 16.5. The summed E-state index contributed by atoms with van der Waals surface area (Å²) in [5.74, 6) is 0.912. The van der Waals surface area contributed by atoms with E-state index >= 15 is 0 Å². The van der Waals surface area contributed by atoms with Gasteiger partial charge in [-0.25, -0.2) is 0 Å². The van der Waals surface area contributed by atoms with Crippen molar-refractivity contribution in [1.29, 1.82) is 0 Å². The molecule has 0 saturated heterocycles. The molecule has 17 heavy (non-hydrogen) atoms. The Hall–Kier alpha value is -0.870. The molecule has 2 aliphatic rings. The van der Waals surface area contributed by atoms with E-state index in [9.17, 15) is 4.79 Å². The van der Waals surface area contributed by atoms with E-state index in [4.69, 9.17) is 10.5 Å². The maximum absolute atomic E-state index is 12.0. The second kappa shape index (κ2) is 5.65. The lowest BCUT2D eigenvalue weighted by atomic mass is 10.1. The molecule has 0 aromatic heterocycles. The van der Waals surface area contributed by atoms with Crippen LogP contribution >= 0.6 is 0 Å². The van der Waals surface area contributed by atoms with Gasteiger partial charge in [-0.3, -0.25) is 4.79 Å². The Bertz CT molecular complexity index is 300. The number of hydrogen-bond donors (Lipinski definition) is 1. The van der Waals surface area contributed by atoms with E-state index in [1.54, 1.807) is 4.90 Å². The van der Waals surface area contributed by atoms with Gasteiger partial charge in [0.15, 0.2) is 0 Å². The zero-order valence-electron chi connectivity index (χ0n) is 10.5. The molecule has 0 heterocycles. The van der Waals surface area contributed by atoms with Crippen LogP contribution in [-0.4, -0.2) is 43.7 Å². The lowest BCUT2D eigenvalue weighted by Crippen LogP contribution is -2.35. The van der Waals surface area contributed by atoms with Crippen LogP contribution in [0.2, 0.25) is 0 Å². The first kappa shape index (κ1) is 12.6. The van der Waals surface area contributed by atoms with E-state index < -0.39 is 0 Å². The summed E-state index contributed by atoms with van der Waals surface area (Å²) in [6.45, 7) is 2.17. The molecule has 1 fully saturated rings. The van der Waals surface area contributed by atoms with Crippen molar-refractivity contribution in [1.82, 2.24) is 4.90 Å². The molecule has 4 heteroatoms. The van der Waals surface area contributed by atoms with Crippen LogP contribution in [0.1, 0.15) is 19.3 Å². The fourth-order valence-corrected chi connectivity index (χ4v) is 2.04. The summed E-state index contributed by atoms with van der Waals surface area (Å²) < 4.78 is 5.53. The molecular formula is C13H22N2O2. The molecule has 2 N–H and O–H groups in total. The van der Waals surface area contributed by atoms with Gasteiger partial charge in [-0.05, 0) is 25.2 Å². The first-order chi connectivity index (χ1) is 8.16. The molecule has 2 aliphatic carbocycles. The summed E-state index contributed by atoms with van der Waals surface area (Å²) in [4.78, 5) is 13.7. The molecule has 0 spiro atoms. The minimum atomic E-state index is -0.0292. The van der Waals surface area contributed by atoms with Crippen LogP contribution in [0.25, 0.3) is 0 Å². The molecule has 0 aliphatic heterocycles. The average molecular weight is 238 g/mol. The first-order valence-corrected chi connectivity index (χ1v) is 6.43. The normalized spacial score (nSPS) is 27.4. The molecule has 4 nitrogen and oxygen atoms in total. The monoisotopic (exact) mass is 238 g/mol. The van der Waals surface area contributed by atoms with Crippen molar-refractivity contribution in [2.45, 2.75) is 25.3 Å². The van der Waals surface area contributed by atoms with Crippen LogP contribution in [0, 0.1) is 11.8 Å². The van der Waals surface area contributed by atoms with Crippen LogP contribution in [-0.2, 0) is 9.53 Å². The standard InChI is InChI=1S/C13H22N2O2/c1-15(6-7-17-9-10-2-3-10)13(16)11-4-5-12(14)8-11/h4-5,10-12H,2-3,6-9,14H2,1H3. The number of ether oxygens (including phenoxy) is 1. The molecule has 2 rings (SSSR count). The maximum Gasteiger partial charge on any atom is 0.229 e. The summed E-state index contributed by atoms with van der Waals surface area (Å²) in [7, 11) is 1.83. The maximum atomic E-state index is 12.0. The molecule has 2 unspecified atom stereocenters. The summed E-state index contributed by atoms with van der Waals surface area (Å²) in [6, 6.07) is 0.0449. The van der Waals surface area contributed by atoms with Gasteiger partial charge in [0.1, 0.15) is 0 Å². The molecule has 96 valence electrons. The average Bonchev–Trinajstić information content (AvgIpc) is 3.04. The Morgan fingerprint density at radius 1 is 1.47 bits per heavy atom. The highest BCUT2D eigenvalue weighted by molar-refractivity contribution is 5.81. The number of carbonyl (C=O) groups excluding carboxylic acids is 1. The van der Waals surface area contributed by atoms with Crippen molar-refractivity contribution in [3.05, 3.63) is 12.2 Å². The van der Waals surface area contributed by atoms with Crippen LogP contribution in [0.4, 0.5) is 0 Å². The smallest absolute Gasteiger partial charge is 0.229 e. The van der Waals surface area contributed by atoms with Gasteiger partial charge in [0.2, 0.25) is 5.91 Å². The Labute approximate surface area is 103 Å². The first-order valence-electron chi connectivity index (χ1n) is 6.43. The number of amides is 1. The van der Waals surface area contributed by atoms with Crippen molar-refractivity contribution in [3.63, 3.8) is 0 Å². The van der Waals surface area contributed by atoms with Crippen LogP contribution in [0.15, 0.2) is 12.2 Å². The van der Waals surface area contributed by atoms with E-state index in [2.05, 4.69) is 0 Å². The van der Waals surface area contributed by atoms with Gasteiger partial charge in [0.25, 0.3) is 0 Å². The summed E-state index contributed by atoms with van der Waals surface area (Å²) in [5.41, 5.74) is 5.74. The molecule has 0 radical (unpaired) electrons. The highest BCUT2D eigenvalue weighted by Gasteiger charge is 2.25. The Morgan fingerprint density at radius 3 is 2.82 bits per heavy atom. The van der Waals surface area contributed by atoms with Crippen molar-refractivity contribution in [2.75, 3.05) is 26.8 Å². The molecular weight excluding hydrogens is 216 g/mol. The minimum absolute atomic E-state index is 0.0292. The van der Waals surface area contributed by atoms with E-state index in [0.29, 0.717) is 13.2 Å². The third kappa shape index (κ3) is 3.82. The predicted octanol–water partition coefficient (Wildman–Crippen LogP) is 0.775. The van der Waals surface area contributed by atoms with Crippen molar-refractivity contribution in [3.8, 4) is 0 Å². The number of nitrogens with two attached hydrogens (primary N) is 1. The molecule has 1 saturated carbocycles. The summed E-state index contributed by atoms with van der Waals surface area (Å²) in [6.07, 6.45) is 7.19. The summed E-state index contributed by atoms with van der Waals surface area (Å²) >= 11 is 0. The second-order valence-corrected chi connectivity index (χ2v) is 5.17. The fraction of sp³-hybridized carbons (Fsp3) is 0.769. The summed E-state index contributed by atoms with van der Waals surface area (Å²) in [5, 5.41) is 0. The lowest BCUT2D eigenvalue weighted by molar-refractivity contribution is -0.133. The van der Waals surface area contributed by atoms with E-state index in [0.717, 1.165) is 18.9 Å². The largest absolute Gasteiger partial charge is 0.379 e. The third-order valence-electron chi connectivity index (χ3n) is 3.43. The minimum Gasteiger partial charge on any atom is -0.379 e. The van der Waals surface area contributed by atoms with Crippen LogP contribution in [0.5, 0.6) is 0 Å². The SMILES string of the molecule is CN(CCOCC1CC1)C(=O)C1C=CC(N)C1. The number of nitrogens with zero attached hydrogens (tertiary/aromatic N) is 1. The van der Waals surface area contributed by atoms with Crippen LogP contribution in [0.3, 0.4) is 0 Å². The molecule has 2 atom stereocenters. The van der Waals surface area contributed by atoms with Gasteiger partial charge in [-0.15, -0.1) is 0 Å². The zero-order chi connectivity index (χ0) is 12.3. The number of hydrogen-bond acceptors (Lipinski definition) is 3. The van der Waals surface area contributed by atoms with Crippen LogP contribution < -0.4 is 5.73 Å². The number of rotatable bonds is 6. The van der Waals surface area contributed by atoms with Gasteiger partial charge in [-0.2, -0.15) is 0 Å². The predicted molar refractivity (Wildman–Crippen MR) is 66.4 cm³/mol. The molecule has 0 aromatic rings. The van der Waals surface area contributed by atoms with Crippen molar-refractivity contribution >= 4 is 5.91 Å².